The number of ether oxygens (including phenoxy) is 2. The third-order valence-electron chi connectivity index (χ3n) is 6.74. The van der Waals surface area contributed by atoms with Crippen LogP contribution in [0.25, 0.3) is 0 Å². The number of carbonyl (C=O) groups is 1. The van der Waals surface area contributed by atoms with E-state index in [1.807, 2.05) is 6.92 Å². The maximum Gasteiger partial charge on any atom is 0.488 e. The molecule has 5 rings (SSSR count). The van der Waals surface area contributed by atoms with Crippen molar-refractivity contribution in [3.8, 4) is 17.2 Å². The maximum atomic E-state index is 13.0. The molecule has 4 aliphatic carbocycles. The van der Waals surface area contributed by atoms with Crippen LogP contribution in [0.2, 0.25) is 0 Å². The molecule has 0 amide bonds. The lowest BCUT2D eigenvalue weighted by Crippen LogP contribution is -2.58. The largest absolute Gasteiger partial charge is 0.488 e. The van der Waals surface area contributed by atoms with Gasteiger partial charge in [-0.25, -0.2) is 4.79 Å². The highest BCUT2D eigenvalue weighted by molar-refractivity contribution is 7.82. The fourth-order valence-electron chi connectivity index (χ4n) is 5.64. The summed E-state index contributed by atoms with van der Waals surface area (Å²) in [4.78, 5) is 12.5. The molecule has 0 radical (unpaired) electrons. The Morgan fingerprint density at radius 1 is 0.938 bits per heavy atom. The molecule has 13 heteroatoms. The van der Waals surface area contributed by atoms with Crippen LogP contribution in [0.3, 0.4) is 0 Å². The van der Waals surface area contributed by atoms with E-state index in [-0.39, 0.29) is 11.8 Å². The molecular formula is C19H22F2O9S2. The lowest BCUT2D eigenvalue weighted by Gasteiger charge is -2.59. The topological polar surface area (TPSA) is 122 Å². The molecule has 0 saturated heterocycles. The van der Waals surface area contributed by atoms with E-state index in [0.717, 1.165) is 37.8 Å². The van der Waals surface area contributed by atoms with Crippen molar-refractivity contribution in [2.24, 2.45) is 23.7 Å². The van der Waals surface area contributed by atoms with E-state index in [1.165, 1.54) is 6.42 Å². The molecular weight excluding hydrogens is 474 g/mol. The molecule has 0 N–H and O–H groups in total. The zero-order chi connectivity index (χ0) is 23.3. The first-order chi connectivity index (χ1) is 14.8. The van der Waals surface area contributed by atoms with Crippen LogP contribution in [0.4, 0.5) is 7.77 Å². The Balaban J connectivity index is 1.45. The van der Waals surface area contributed by atoms with Gasteiger partial charge in [0.05, 0.1) is 0 Å². The number of rotatable bonds is 8. The van der Waals surface area contributed by atoms with E-state index in [2.05, 4.69) is 8.37 Å². The summed E-state index contributed by atoms with van der Waals surface area (Å²) in [5.41, 5.74) is -0.608. The van der Waals surface area contributed by atoms with Crippen LogP contribution in [-0.4, -0.2) is 35.0 Å². The number of carbonyl (C=O) groups excluding carboxylic acids is 1. The molecule has 0 aromatic heterocycles. The fraction of sp³-hybridized carbons (Fsp3) is 0.632. The highest BCUT2D eigenvalue weighted by Crippen LogP contribution is 2.59. The van der Waals surface area contributed by atoms with E-state index >= 15 is 0 Å². The molecule has 1 aromatic rings. The molecule has 0 aliphatic heterocycles. The molecule has 32 heavy (non-hydrogen) atoms. The minimum atomic E-state index is -5.54. The lowest BCUT2D eigenvalue weighted by atomic mass is 9.50. The van der Waals surface area contributed by atoms with Crippen molar-refractivity contribution in [2.45, 2.75) is 44.6 Å². The van der Waals surface area contributed by atoms with E-state index in [4.69, 9.17) is 9.47 Å². The summed E-state index contributed by atoms with van der Waals surface area (Å²) in [5, 5.41) is 0. The van der Waals surface area contributed by atoms with Gasteiger partial charge in [-0.15, -0.1) is 0 Å². The summed E-state index contributed by atoms with van der Waals surface area (Å²) < 4.78 is 87.8. The smallest absolute Gasteiger partial charge is 0.478 e. The molecule has 0 heterocycles. The predicted octanol–water partition coefficient (Wildman–Crippen LogP) is 3.01. The molecule has 4 fully saturated rings. The van der Waals surface area contributed by atoms with Crippen LogP contribution < -0.4 is 13.1 Å². The van der Waals surface area contributed by atoms with Gasteiger partial charge in [0.1, 0.15) is 11.4 Å². The van der Waals surface area contributed by atoms with Crippen molar-refractivity contribution in [3.05, 3.63) is 18.2 Å². The highest BCUT2D eigenvalue weighted by Gasteiger charge is 2.57. The minimum Gasteiger partial charge on any atom is -0.478 e. The van der Waals surface area contributed by atoms with Gasteiger partial charge < -0.3 is 17.8 Å². The van der Waals surface area contributed by atoms with E-state index < -0.39 is 56.4 Å². The van der Waals surface area contributed by atoms with Crippen LogP contribution in [0, 0.1) is 23.7 Å². The molecule has 0 spiro atoms. The number of benzene rings is 1. The zero-order valence-corrected chi connectivity index (χ0v) is 18.7. The van der Waals surface area contributed by atoms with Gasteiger partial charge in [-0.3, -0.25) is 0 Å². The highest BCUT2D eigenvalue weighted by atomic mass is 32.3. The van der Waals surface area contributed by atoms with Gasteiger partial charge in [0, 0.05) is 6.07 Å². The Morgan fingerprint density at radius 2 is 1.50 bits per heavy atom. The fourth-order valence-corrected chi connectivity index (χ4v) is 6.32. The van der Waals surface area contributed by atoms with Gasteiger partial charge in [-0.05, 0) is 74.8 Å². The van der Waals surface area contributed by atoms with Gasteiger partial charge in [0.15, 0.2) is 18.1 Å². The number of hydrogen-bond donors (Lipinski definition) is 0. The first kappa shape index (κ1) is 23.0. The van der Waals surface area contributed by atoms with Crippen LogP contribution in [0.5, 0.6) is 17.2 Å². The number of esters is 1. The van der Waals surface area contributed by atoms with Gasteiger partial charge in [-0.1, -0.05) is 7.77 Å². The van der Waals surface area contributed by atoms with E-state index in [1.54, 1.807) is 0 Å². The Labute approximate surface area is 184 Å². The Kier molecular flexibility index (Phi) is 5.76. The Morgan fingerprint density at radius 3 is 2.03 bits per heavy atom. The second kappa shape index (κ2) is 8.01. The maximum absolute atomic E-state index is 13.0. The first-order valence-corrected chi connectivity index (χ1v) is 12.7. The summed E-state index contributed by atoms with van der Waals surface area (Å²) in [7, 11) is -11.0. The molecule has 1 aromatic carbocycles. The standard InChI is InChI=1S/C19H22F2O9S2/c1-19(13-5-11-4-12(7-13)8-14(19)6-11)28-18(22)10-27-16-3-2-15(29-31(20,23)24)9-17(16)30-32(21,25)26/h2-3,9,11-14H,4-8,10H2,1H3. The van der Waals surface area contributed by atoms with Crippen molar-refractivity contribution in [3.63, 3.8) is 0 Å². The second-order valence-corrected chi connectivity index (χ2v) is 10.7. The average molecular weight is 497 g/mol. The third kappa shape index (κ3) is 5.08. The Hall–Kier alpha value is -2.15. The summed E-state index contributed by atoms with van der Waals surface area (Å²) >= 11 is 0. The summed E-state index contributed by atoms with van der Waals surface area (Å²) in [5.74, 6) is -0.726. The quantitative estimate of drug-likeness (QED) is 0.395. The third-order valence-corrected chi connectivity index (χ3v) is 7.51. The lowest BCUT2D eigenvalue weighted by molar-refractivity contribution is -0.204. The van der Waals surface area contributed by atoms with Gasteiger partial charge in [0.2, 0.25) is 0 Å². The minimum absolute atomic E-state index is 0.275. The van der Waals surface area contributed by atoms with Crippen molar-refractivity contribution in [2.75, 3.05) is 6.61 Å². The molecule has 4 saturated carbocycles. The average Bonchev–Trinajstić information content (AvgIpc) is 2.62. The normalized spacial score (nSPS) is 31.2. The second-order valence-electron chi connectivity index (χ2n) is 8.81. The SMILES string of the molecule is CC1(OC(=O)COc2ccc(OS(=O)(=O)F)cc2OS(=O)(=O)F)C2CC3CC(C2)CC1C3. The van der Waals surface area contributed by atoms with Crippen molar-refractivity contribution >= 4 is 27.0 Å². The molecule has 178 valence electrons. The molecule has 0 unspecified atom stereocenters. The monoisotopic (exact) mass is 496 g/mol. The van der Waals surface area contributed by atoms with Gasteiger partial charge in [-0.2, -0.15) is 16.8 Å². The molecule has 9 nitrogen and oxygen atoms in total. The van der Waals surface area contributed by atoms with Crippen LogP contribution in [0.1, 0.15) is 39.0 Å². The predicted molar refractivity (Wildman–Crippen MR) is 105 cm³/mol. The van der Waals surface area contributed by atoms with Crippen molar-refractivity contribution < 1.29 is 47.2 Å². The van der Waals surface area contributed by atoms with Gasteiger partial charge in [0.25, 0.3) is 0 Å². The van der Waals surface area contributed by atoms with Crippen molar-refractivity contribution in [1.82, 2.24) is 0 Å². The zero-order valence-electron chi connectivity index (χ0n) is 17.0. The van der Waals surface area contributed by atoms with Crippen LogP contribution in [0.15, 0.2) is 18.2 Å². The molecule has 4 aliphatic rings. The number of hydrogen-bond acceptors (Lipinski definition) is 9. The van der Waals surface area contributed by atoms with Gasteiger partial charge >= 0.3 is 27.0 Å². The summed E-state index contributed by atoms with van der Waals surface area (Å²) in [6, 6.07) is 2.45. The molecule has 4 bridgehead atoms. The Bertz CT molecular complexity index is 1090. The van der Waals surface area contributed by atoms with E-state index in [0.29, 0.717) is 17.9 Å². The van der Waals surface area contributed by atoms with Crippen LogP contribution in [-0.2, 0) is 30.5 Å². The summed E-state index contributed by atoms with van der Waals surface area (Å²) in [6.07, 6.45) is 5.31. The van der Waals surface area contributed by atoms with Crippen molar-refractivity contribution in [1.29, 1.82) is 0 Å². The number of halogens is 2. The summed E-state index contributed by atoms with van der Waals surface area (Å²) in [6.45, 7) is 1.30. The first-order valence-electron chi connectivity index (χ1n) is 10.1. The van der Waals surface area contributed by atoms with E-state index in [9.17, 15) is 29.4 Å². The van der Waals surface area contributed by atoms with Crippen LogP contribution >= 0.6 is 0 Å². The molecule has 0 atom stereocenters.